The van der Waals surface area contributed by atoms with Gasteiger partial charge in [-0.2, -0.15) is 13.2 Å². The van der Waals surface area contributed by atoms with Crippen LogP contribution in [0.15, 0.2) is 70.3 Å². The average molecular weight is 689 g/mol. The van der Waals surface area contributed by atoms with E-state index in [0.29, 0.717) is 21.7 Å². The lowest BCUT2D eigenvalue weighted by atomic mass is 10.2. The topological polar surface area (TPSA) is 98.1 Å². The van der Waals surface area contributed by atoms with Crippen molar-refractivity contribution in [3.63, 3.8) is 0 Å². The van der Waals surface area contributed by atoms with E-state index in [1.807, 2.05) is 0 Å². The first-order valence-corrected chi connectivity index (χ1v) is 14.1. The van der Waals surface area contributed by atoms with E-state index in [0.717, 1.165) is 30.0 Å². The molecular weight excluding hydrogens is 670 g/mol. The quantitative estimate of drug-likeness (QED) is 0.183. The van der Waals surface area contributed by atoms with Crippen LogP contribution < -0.4 is 15.4 Å². The number of halogens is 6. The smallest absolute Gasteiger partial charge is 0.416 e. The van der Waals surface area contributed by atoms with Gasteiger partial charge >= 0.3 is 6.18 Å². The van der Waals surface area contributed by atoms with Crippen molar-refractivity contribution < 1.29 is 27.5 Å². The van der Waals surface area contributed by atoms with Crippen LogP contribution in [0.5, 0.6) is 5.75 Å². The zero-order valence-electron chi connectivity index (χ0n) is 20.9. The summed E-state index contributed by atoms with van der Waals surface area (Å²) < 4.78 is 47.1. The number of alkyl halides is 3. The van der Waals surface area contributed by atoms with Gasteiger partial charge < -0.3 is 15.4 Å². The Balaban J connectivity index is 1.56. The van der Waals surface area contributed by atoms with Gasteiger partial charge in [-0.3, -0.25) is 14.2 Å². The Bertz CT molecular complexity index is 1600. The molecule has 4 aromatic rings. The van der Waals surface area contributed by atoms with Gasteiger partial charge in [0.25, 0.3) is 5.91 Å². The predicted octanol–water partition coefficient (Wildman–Crippen LogP) is 7.02. The number of anilines is 1. The number of thioether (sulfide) groups is 1. The van der Waals surface area contributed by atoms with Crippen LogP contribution in [-0.4, -0.2) is 39.4 Å². The maximum atomic E-state index is 13.1. The number of hydrogen-bond donors (Lipinski definition) is 2. The lowest BCUT2D eigenvalue weighted by Crippen LogP contribution is -2.25. The summed E-state index contributed by atoms with van der Waals surface area (Å²) in [6, 6.07) is 14.5. The third kappa shape index (κ3) is 7.53. The van der Waals surface area contributed by atoms with E-state index in [1.54, 1.807) is 47.0 Å². The second-order valence-electron chi connectivity index (χ2n) is 8.24. The van der Waals surface area contributed by atoms with Crippen molar-refractivity contribution in [1.82, 2.24) is 20.1 Å². The van der Waals surface area contributed by atoms with Crippen LogP contribution in [0, 0.1) is 0 Å². The second kappa shape index (κ2) is 13.1. The second-order valence-corrected chi connectivity index (χ2v) is 10.9. The fraction of sp³-hybridized carbons (Fsp3) is 0.154. The van der Waals surface area contributed by atoms with Crippen LogP contribution in [0.4, 0.5) is 18.9 Å². The Hall–Kier alpha value is -3.26. The Morgan fingerprint density at radius 1 is 1.05 bits per heavy atom. The van der Waals surface area contributed by atoms with E-state index in [9.17, 15) is 22.8 Å². The SMILES string of the molecule is COc1ccccc1-n1c(CNC(=O)c2cc(Br)ccc2Cl)nnc1SCC(=O)Nc1cc(C(F)(F)F)ccc1Cl. The van der Waals surface area contributed by atoms with Gasteiger partial charge in [-0.05, 0) is 48.5 Å². The number of rotatable bonds is 9. The van der Waals surface area contributed by atoms with Crippen molar-refractivity contribution in [2.75, 3.05) is 18.2 Å². The molecule has 0 aliphatic rings. The van der Waals surface area contributed by atoms with Gasteiger partial charge in [0.15, 0.2) is 11.0 Å². The molecule has 2 N–H and O–H groups in total. The maximum Gasteiger partial charge on any atom is 0.416 e. The van der Waals surface area contributed by atoms with E-state index < -0.39 is 23.6 Å². The molecule has 8 nitrogen and oxygen atoms in total. The number of para-hydroxylation sites is 2. The van der Waals surface area contributed by atoms with Crippen LogP contribution in [0.1, 0.15) is 21.7 Å². The monoisotopic (exact) mass is 687 g/mol. The number of amides is 2. The highest BCUT2D eigenvalue weighted by Crippen LogP contribution is 2.34. The van der Waals surface area contributed by atoms with Gasteiger partial charge in [0.2, 0.25) is 5.91 Å². The van der Waals surface area contributed by atoms with Crippen LogP contribution >= 0.6 is 50.9 Å². The summed E-state index contributed by atoms with van der Waals surface area (Å²) in [4.78, 5) is 25.5. The minimum absolute atomic E-state index is 0.0443. The molecule has 15 heteroatoms. The van der Waals surface area contributed by atoms with Crippen molar-refractivity contribution in [3.05, 3.63) is 92.1 Å². The summed E-state index contributed by atoms with van der Waals surface area (Å²) in [5.41, 5.74) is -0.331. The van der Waals surface area contributed by atoms with Crippen LogP contribution in [0.2, 0.25) is 10.0 Å². The first-order valence-electron chi connectivity index (χ1n) is 11.6. The molecule has 214 valence electrons. The van der Waals surface area contributed by atoms with Gasteiger partial charge in [0.05, 0.1) is 52.0 Å². The highest BCUT2D eigenvalue weighted by atomic mass is 79.9. The summed E-state index contributed by atoms with van der Waals surface area (Å²) in [7, 11) is 1.49. The van der Waals surface area contributed by atoms with E-state index >= 15 is 0 Å². The number of hydrogen-bond acceptors (Lipinski definition) is 6. The molecule has 0 aliphatic heterocycles. The molecule has 2 amide bonds. The minimum Gasteiger partial charge on any atom is -0.495 e. The van der Waals surface area contributed by atoms with Crippen molar-refractivity contribution in [3.8, 4) is 11.4 Å². The summed E-state index contributed by atoms with van der Waals surface area (Å²) >= 11 is 16.5. The minimum atomic E-state index is -4.60. The van der Waals surface area contributed by atoms with Crippen molar-refractivity contribution in [2.45, 2.75) is 17.9 Å². The first-order chi connectivity index (χ1) is 19.5. The van der Waals surface area contributed by atoms with Gasteiger partial charge in [-0.15, -0.1) is 10.2 Å². The van der Waals surface area contributed by atoms with Crippen molar-refractivity contribution >= 4 is 68.4 Å². The molecule has 0 spiro atoms. The number of ether oxygens (including phenoxy) is 1. The molecule has 1 aromatic heterocycles. The van der Waals surface area contributed by atoms with E-state index in [4.69, 9.17) is 27.9 Å². The fourth-order valence-corrected chi connectivity index (χ4v) is 5.10. The summed E-state index contributed by atoms with van der Waals surface area (Å²) in [6.45, 7) is -0.0562. The molecule has 0 fully saturated rings. The Morgan fingerprint density at radius 3 is 2.51 bits per heavy atom. The number of carbonyl (C=O) groups is 2. The molecule has 41 heavy (non-hydrogen) atoms. The first kappa shape index (κ1) is 30.7. The Labute approximate surface area is 254 Å². The lowest BCUT2D eigenvalue weighted by molar-refractivity contribution is -0.137. The summed E-state index contributed by atoms with van der Waals surface area (Å²) in [5, 5.41) is 14.0. The van der Waals surface area contributed by atoms with E-state index in [1.165, 1.54) is 7.11 Å². The van der Waals surface area contributed by atoms with Gasteiger partial charge in [-0.1, -0.05) is 63.0 Å². The van der Waals surface area contributed by atoms with E-state index in [-0.39, 0.29) is 38.8 Å². The van der Waals surface area contributed by atoms with Crippen LogP contribution in [-0.2, 0) is 17.5 Å². The van der Waals surface area contributed by atoms with Crippen molar-refractivity contribution in [1.29, 1.82) is 0 Å². The highest BCUT2D eigenvalue weighted by molar-refractivity contribution is 9.10. The third-order valence-electron chi connectivity index (χ3n) is 5.51. The van der Waals surface area contributed by atoms with Crippen LogP contribution in [0.3, 0.4) is 0 Å². The molecule has 3 aromatic carbocycles. The number of nitrogens with one attached hydrogen (secondary N) is 2. The molecule has 0 bridgehead atoms. The standard InChI is InChI=1S/C26H19BrCl2F3N5O3S/c1-40-21-5-3-2-4-20(21)37-22(12-33-24(39)16-11-15(27)7-9-17(16)28)35-36-25(37)41-13-23(38)34-19-10-14(26(30,31)32)6-8-18(19)29/h2-11H,12-13H2,1H3,(H,33,39)(H,34,38). The molecule has 1 heterocycles. The Kier molecular flexibility index (Phi) is 9.84. The predicted molar refractivity (Wildman–Crippen MR) is 154 cm³/mol. The molecular formula is C26H19BrCl2F3N5O3S. The summed E-state index contributed by atoms with van der Waals surface area (Å²) in [5.74, 6) is -0.517. The largest absolute Gasteiger partial charge is 0.495 e. The lowest BCUT2D eigenvalue weighted by Gasteiger charge is -2.14. The molecule has 0 saturated heterocycles. The number of nitrogens with zero attached hydrogens (tertiary/aromatic N) is 3. The zero-order chi connectivity index (χ0) is 29.7. The fourth-order valence-electron chi connectivity index (χ4n) is 3.60. The molecule has 0 radical (unpaired) electrons. The third-order valence-corrected chi connectivity index (χ3v) is 7.59. The normalized spacial score (nSPS) is 11.3. The van der Waals surface area contributed by atoms with Gasteiger partial charge in [0.1, 0.15) is 5.75 Å². The zero-order valence-corrected chi connectivity index (χ0v) is 24.8. The summed E-state index contributed by atoms with van der Waals surface area (Å²) in [6.07, 6.45) is -4.60. The number of benzene rings is 3. The molecule has 0 saturated carbocycles. The molecule has 0 atom stereocenters. The van der Waals surface area contributed by atoms with E-state index in [2.05, 4.69) is 36.8 Å². The molecule has 4 rings (SSSR count). The highest BCUT2D eigenvalue weighted by Gasteiger charge is 2.31. The van der Waals surface area contributed by atoms with Gasteiger partial charge in [-0.25, -0.2) is 0 Å². The van der Waals surface area contributed by atoms with Crippen molar-refractivity contribution in [2.24, 2.45) is 0 Å². The average Bonchev–Trinajstić information content (AvgIpc) is 3.34. The number of aromatic nitrogens is 3. The molecule has 0 unspecified atom stereocenters. The van der Waals surface area contributed by atoms with Gasteiger partial charge in [0, 0.05) is 4.47 Å². The number of methoxy groups -OCH3 is 1. The van der Waals surface area contributed by atoms with Crippen LogP contribution in [0.25, 0.3) is 5.69 Å². The maximum absolute atomic E-state index is 13.1. The molecule has 0 aliphatic carbocycles. The number of carbonyl (C=O) groups excluding carboxylic acids is 2. The Morgan fingerprint density at radius 2 is 1.78 bits per heavy atom.